The first kappa shape index (κ1) is 18.5. The van der Waals surface area contributed by atoms with Crippen molar-refractivity contribution in [3.63, 3.8) is 0 Å². The van der Waals surface area contributed by atoms with E-state index in [0.29, 0.717) is 22.0 Å². The molecule has 0 radical (unpaired) electrons. The lowest BCUT2D eigenvalue weighted by atomic mass is 10.1. The molecule has 4 nitrogen and oxygen atoms in total. The van der Waals surface area contributed by atoms with E-state index >= 15 is 0 Å². The molecule has 2 aromatic rings. The lowest BCUT2D eigenvalue weighted by Crippen LogP contribution is -2.31. The van der Waals surface area contributed by atoms with Crippen molar-refractivity contribution in [2.75, 3.05) is 4.90 Å². The third-order valence-electron chi connectivity index (χ3n) is 3.95. The van der Waals surface area contributed by atoms with Gasteiger partial charge in [-0.1, -0.05) is 41.4 Å². The molecule has 1 aliphatic heterocycles. The fraction of sp³-hybridized carbons (Fsp3) is 0.200. The Hall–Kier alpha value is -2.30. The first-order valence-electron chi connectivity index (χ1n) is 8.11. The normalized spacial score (nSPS) is 14.6. The molecule has 134 valence electrons. The van der Waals surface area contributed by atoms with Crippen molar-refractivity contribution in [2.45, 2.75) is 26.9 Å². The molecular formula is C20H17Cl2NO3. The minimum absolute atomic E-state index is 0.0413. The number of amides is 2. The molecule has 26 heavy (non-hydrogen) atoms. The van der Waals surface area contributed by atoms with E-state index in [1.807, 2.05) is 13.8 Å². The van der Waals surface area contributed by atoms with Crippen LogP contribution in [0.5, 0.6) is 5.75 Å². The molecule has 0 fully saturated rings. The molecule has 2 amide bonds. The van der Waals surface area contributed by atoms with Gasteiger partial charge >= 0.3 is 0 Å². The molecule has 0 aromatic heterocycles. The van der Waals surface area contributed by atoms with Crippen LogP contribution in [0.15, 0.2) is 47.5 Å². The van der Waals surface area contributed by atoms with Crippen molar-refractivity contribution in [1.82, 2.24) is 0 Å². The maximum atomic E-state index is 12.9. The van der Waals surface area contributed by atoms with Crippen LogP contribution in [0.25, 0.3) is 5.57 Å². The molecule has 2 aromatic carbocycles. The summed E-state index contributed by atoms with van der Waals surface area (Å²) >= 11 is 12.3. The lowest BCUT2D eigenvalue weighted by Gasteiger charge is -2.17. The molecule has 0 unspecified atom stereocenters. The van der Waals surface area contributed by atoms with E-state index in [0.717, 1.165) is 10.5 Å². The summed E-state index contributed by atoms with van der Waals surface area (Å²) in [4.78, 5) is 26.6. The van der Waals surface area contributed by atoms with Gasteiger partial charge in [-0.05, 0) is 56.2 Å². The van der Waals surface area contributed by atoms with E-state index in [1.54, 1.807) is 49.4 Å². The second-order valence-corrected chi connectivity index (χ2v) is 7.07. The average Bonchev–Trinajstić information content (AvgIpc) is 2.80. The van der Waals surface area contributed by atoms with Crippen molar-refractivity contribution in [1.29, 1.82) is 0 Å². The molecule has 0 aliphatic carbocycles. The van der Waals surface area contributed by atoms with E-state index < -0.39 is 11.8 Å². The second kappa shape index (κ2) is 7.14. The van der Waals surface area contributed by atoms with Crippen LogP contribution < -0.4 is 9.64 Å². The highest BCUT2D eigenvalue weighted by molar-refractivity contribution is 6.60. The van der Waals surface area contributed by atoms with Gasteiger partial charge in [-0.15, -0.1) is 0 Å². The van der Waals surface area contributed by atoms with Crippen LogP contribution >= 0.6 is 23.2 Å². The van der Waals surface area contributed by atoms with Gasteiger partial charge < -0.3 is 4.74 Å². The quantitative estimate of drug-likeness (QED) is 0.694. The summed E-state index contributed by atoms with van der Waals surface area (Å²) in [5.74, 6) is -0.345. The molecule has 1 heterocycles. The van der Waals surface area contributed by atoms with Crippen LogP contribution in [0.4, 0.5) is 5.69 Å². The number of halogens is 2. The maximum absolute atomic E-state index is 12.9. The molecule has 0 spiro atoms. The topological polar surface area (TPSA) is 46.6 Å². The SMILES string of the molecule is Cc1ccc(Cl)cc1N1C(=O)C(Cl)=C(c2ccc(OC(C)C)cc2)C1=O. The zero-order chi connectivity index (χ0) is 19.0. The molecule has 0 bridgehead atoms. The van der Waals surface area contributed by atoms with Crippen molar-refractivity contribution >= 4 is 46.3 Å². The third-order valence-corrected chi connectivity index (χ3v) is 4.54. The highest BCUT2D eigenvalue weighted by Gasteiger charge is 2.39. The maximum Gasteiger partial charge on any atom is 0.277 e. The molecule has 3 rings (SSSR count). The first-order chi connectivity index (χ1) is 12.3. The van der Waals surface area contributed by atoms with Crippen molar-refractivity contribution < 1.29 is 14.3 Å². The van der Waals surface area contributed by atoms with E-state index in [4.69, 9.17) is 27.9 Å². The number of hydrogen-bond donors (Lipinski definition) is 0. The Morgan fingerprint density at radius 3 is 2.23 bits per heavy atom. The molecule has 0 saturated carbocycles. The zero-order valence-corrected chi connectivity index (χ0v) is 16.1. The molecule has 0 N–H and O–H groups in total. The van der Waals surface area contributed by atoms with Gasteiger partial charge in [-0.2, -0.15) is 0 Å². The van der Waals surface area contributed by atoms with Crippen LogP contribution in [0.2, 0.25) is 5.02 Å². The monoisotopic (exact) mass is 389 g/mol. The van der Waals surface area contributed by atoms with Gasteiger partial charge in [0.05, 0.1) is 17.4 Å². The Labute approximate surface area is 162 Å². The average molecular weight is 390 g/mol. The van der Waals surface area contributed by atoms with Crippen LogP contribution in [-0.4, -0.2) is 17.9 Å². The summed E-state index contributed by atoms with van der Waals surface area (Å²) in [5, 5.41) is 0.331. The van der Waals surface area contributed by atoms with E-state index in [9.17, 15) is 9.59 Å². The van der Waals surface area contributed by atoms with Gasteiger partial charge in [0.2, 0.25) is 0 Å². The fourth-order valence-corrected chi connectivity index (χ4v) is 3.21. The Kier molecular flexibility index (Phi) is 5.08. The number of imide groups is 1. The Balaban J connectivity index is 1.98. The predicted molar refractivity (Wildman–Crippen MR) is 104 cm³/mol. The largest absolute Gasteiger partial charge is 0.491 e. The highest BCUT2D eigenvalue weighted by atomic mass is 35.5. The second-order valence-electron chi connectivity index (χ2n) is 6.26. The summed E-state index contributed by atoms with van der Waals surface area (Å²) in [5.41, 5.74) is 1.92. The van der Waals surface area contributed by atoms with Gasteiger partial charge in [0, 0.05) is 5.02 Å². The summed E-state index contributed by atoms with van der Waals surface area (Å²) in [7, 11) is 0. The van der Waals surface area contributed by atoms with E-state index in [-0.39, 0.29) is 16.7 Å². The van der Waals surface area contributed by atoms with Crippen LogP contribution in [0, 0.1) is 6.92 Å². The Morgan fingerprint density at radius 2 is 1.62 bits per heavy atom. The van der Waals surface area contributed by atoms with Gasteiger partial charge in [-0.25, -0.2) is 4.90 Å². The van der Waals surface area contributed by atoms with Gasteiger partial charge in [-0.3, -0.25) is 9.59 Å². The molecule has 0 atom stereocenters. The van der Waals surface area contributed by atoms with Gasteiger partial charge in [0.15, 0.2) is 0 Å². The first-order valence-corrected chi connectivity index (χ1v) is 8.87. The van der Waals surface area contributed by atoms with Crippen molar-refractivity contribution in [3.05, 3.63) is 63.6 Å². The van der Waals surface area contributed by atoms with Gasteiger partial charge in [0.1, 0.15) is 10.8 Å². The number of aryl methyl sites for hydroxylation is 1. The molecular weight excluding hydrogens is 373 g/mol. The Bertz CT molecular complexity index is 917. The third kappa shape index (κ3) is 3.35. The van der Waals surface area contributed by atoms with Crippen LogP contribution in [0.3, 0.4) is 0 Å². The summed E-state index contributed by atoms with van der Waals surface area (Å²) in [6, 6.07) is 12.0. The number of carbonyl (C=O) groups is 2. The predicted octanol–water partition coefficient (Wildman–Crippen LogP) is 4.96. The number of ether oxygens (including phenoxy) is 1. The van der Waals surface area contributed by atoms with E-state index in [2.05, 4.69) is 0 Å². The number of nitrogens with zero attached hydrogens (tertiary/aromatic N) is 1. The smallest absolute Gasteiger partial charge is 0.277 e. The van der Waals surface area contributed by atoms with Crippen LogP contribution in [0.1, 0.15) is 25.0 Å². The molecule has 0 saturated heterocycles. The lowest BCUT2D eigenvalue weighted by molar-refractivity contribution is -0.119. The van der Waals surface area contributed by atoms with Crippen LogP contribution in [-0.2, 0) is 9.59 Å². The van der Waals surface area contributed by atoms with E-state index in [1.165, 1.54) is 0 Å². The minimum atomic E-state index is -0.556. The fourth-order valence-electron chi connectivity index (χ4n) is 2.77. The Morgan fingerprint density at radius 1 is 0.962 bits per heavy atom. The highest BCUT2D eigenvalue weighted by Crippen LogP contribution is 2.37. The number of carbonyl (C=O) groups excluding carboxylic acids is 2. The zero-order valence-electron chi connectivity index (χ0n) is 14.5. The van der Waals surface area contributed by atoms with Gasteiger partial charge in [0.25, 0.3) is 11.8 Å². The minimum Gasteiger partial charge on any atom is -0.491 e. The summed E-state index contributed by atoms with van der Waals surface area (Å²) < 4.78 is 5.60. The number of benzene rings is 2. The molecule has 1 aliphatic rings. The summed E-state index contributed by atoms with van der Waals surface area (Å²) in [6.45, 7) is 5.66. The number of hydrogen-bond acceptors (Lipinski definition) is 3. The van der Waals surface area contributed by atoms with Crippen molar-refractivity contribution in [3.8, 4) is 5.75 Å². The van der Waals surface area contributed by atoms with Crippen molar-refractivity contribution in [2.24, 2.45) is 0 Å². The summed E-state index contributed by atoms with van der Waals surface area (Å²) in [6.07, 6.45) is 0.0413. The number of anilines is 1. The number of rotatable bonds is 4. The molecule has 6 heteroatoms. The standard InChI is InChI=1S/C20H17Cl2NO3/c1-11(2)26-15-8-5-13(6-9-15)17-18(22)20(25)23(19(17)24)16-10-14(21)7-4-12(16)3/h4-11H,1-3H3.